The number of rotatable bonds is 2. The number of aryl methyl sites for hydroxylation is 2. The Labute approximate surface area is 156 Å². The second kappa shape index (κ2) is 7.35. The second-order valence-electron chi connectivity index (χ2n) is 6.34. The Balaban J connectivity index is 1.62. The number of hydrogen-bond donors (Lipinski definition) is 2. The predicted molar refractivity (Wildman–Crippen MR) is 105 cm³/mol. The van der Waals surface area contributed by atoms with Crippen molar-refractivity contribution in [3.05, 3.63) is 52.0 Å². The number of nitrogens with one attached hydrogen (secondary N) is 1. The number of amides is 2. The molecule has 2 aromatic rings. The summed E-state index contributed by atoms with van der Waals surface area (Å²) in [5, 5.41) is 12.7. The minimum atomic E-state index is -0.0657. The van der Waals surface area contributed by atoms with Gasteiger partial charge in [0.15, 0.2) is 0 Å². The number of phenols is 1. The lowest BCUT2D eigenvalue weighted by Gasteiger charge is -2.36. The Morgan fingerprint density at radius 2 is 1.72 bits per heavy atom. The molecule has 0 unspecified atom stereocenters. The van der Waals surface area contributed by atoms with Crippen LogP contribution in [0.5, 0.6) is 5.75 Å². The van der Waals surface area contributed by atoms with Gasteiger partial charge in [0.1, 0.15) is 5.75 Å². The van der Waals surface area contributed by atoms with Crippen LogP contribution in [0, 0.1) is 13.8 Å². The summed E-state index contributed by atoms with van der Waals surface area (Å²) in [6, 6.07) is 11.2. The molecule has 0 spiro atoms. The van der Waals surface area contributed by atoms with Crippen LogP contribution in [0.3, 0.4) is 0 Å². The Hall–Kier alpha value is -2.21. The van der Waals surface area contributed by atoms with Crippen molar-refractivity contribution < 1.29 is 9.90 Å². The maximum atomic E-state index is 12.6. The predicted octanol–water partition coefficient (Wildman–Crippen LogP) is 4.13. The molecule has 1 fully saturated rings. The third-order valence-corrected chi connectivity index (χ3v) is 4.95. The van der Waals surface area contributed by atoms with Crippen molar-refractivity contribution in [1.82, 2.24) is 4.90 Å². The smallest absolute Gasteiger partial charge is 0.321 e. The lowest BCUT2D eigenvalue weighted by Crippen LogP contribution is -2.50. The molecule has 6 heteroatoms. The van der Waals surface area contributed by atoms with Crippen LogP contribution in [0.25, 0.3) is 0 Å². The lowest BCUT2D eigenvalue weighted by atomic mass is 10.1. The van der Waals surface area contributed by atoms with Gasteiger partial charge in [-0.1, -0.05) is 22.0 Å². The van der Waals surface area contributed by atoms with Crippen LogP contribution in [-0.2, 0) is 0 Å². The molecule has 1 heterocycles. The van der Waals surface area contributed by atoms with E-state index in [9.17, 15) is 9.90 Å². The number of piperazine rings is 1. The van der Waals surface area contributed by atoms with Gasteiger partial charge in [-0.3, -0.25) is 0 Å². The quantitative estimate of drug-likeness (QED) is 0.792. The van der Waals surface area contributed by atoms with Crippen LogP contribution in [0.4, 0.5) is 16.2 Å². The Morgan fingerprint density at radius 3 is 2.32 bits per heavy atom. The third kappa shape index (κ3) is 4.07. The standard InChI is InChI=1S/C19H22BrN3O2/c1-13-10-15(20)11-14(2)18(13)21-19(25)23-8-6-22(7-9-23)16-4-3-5-17(24)12-16/h3-5,10-12,24H,6-9H2,1-2H3,(H,21,25). The molecule has 0 saturated carbocycles. The summed E-state index contributed by atoms with van der Waals surface area (Å²) >= 11 is 3.48. The fourth-order valence-corrected chi connectivity index (χ4v) is 3.84. The van der Waals surface area contributed by atoms with Gasteiger partial charge < -0.3 is 20.2 Å². The second-order valence-corrected chi connectivity index (χ2v) is 7.25. The van der Waals surface area contributed by atoms with Crippen molar-refractivity contribution in [2.24, 2.45) is 0 Å². The summed E-state index contributed by atoms with van der Waals surface area (Å²) in [6.07, 6.45) is 0. The molecular formula is C19H22BrN3O2. The first kappa shape index (κ1) is 17.6. The number of aromatic hydroxyl groups is 1. The first-order valence-corrected chi connectivity index (χ1v) is 9.10. The summed E-state index contributed by atoms with van der Waals surface area (Å²) in [6.45, 7) is 6.77. The number of anilines is 2. The van der Waals surface area contributed by atoms with Crippen LogP contribution < -0.4 is 10.2 Å². The van der Waals surface area contributed by atoms with Gasteiger partial charge in [-0.2, -0.15) is 0 Å². The topological polar surface area (TPSA) is 55.8 Å². The van der Waals surface area contributed by atoms with Crippen molar-refractivity contribution in [3.8, 4) is 5.75 Å². The number of nitrogens with zero attached hydrogens (tertiary/aromatic N) is 2. The summed E-state index contributed by atoms with van der Waals surface area (Å²) in [5.41, 5.74) is 3.94. The van der Waals surface area contributed by atoms with Crippen LogP contribution >= 0.6 is 15.9 Å². The molecule has 2 aromatic carbocycles. The van der Waals surface area contributed by atoms with E-state index in [1.165, 1.54) is 0 Å². The minimum Gasteiger partial charge on any atom is -0.508 e. The molecule has 3 rings (SSSR count). The van der Waals surface area contributed by atoms with Crippen LogP contribution in [0.1, 0.15) is 11.1 Å². The van der Waals surface area contributed by atoms with Gasteiger partial charge in [0.25, 0.3) is 0 Å². The molecule has 5 nitrogen and oxygen atoms in total. The van der Waals surface area contributed by atoms with E-state index in [0.717, 1.165) is 40.1 Å². The first-order valence-electron chi connectivity index (χ1n) is 8.30. The van der Waals surface area contributed by atoms with E-state index in [2.05, 4.69) is 26.1 Å². The van der Waals surface area contributed by atoms with Crippen LogP contribution in [0.15, 0.2) is 40.9 Å². The summed E-state index contributed by atoms with van der Waals surface area (Å²) in [7, 11) is 0. The van der Waals surface area contributed by atoms with E-state index in [1.807, 2.05) is 43.0 Å². The zero-order valence-electron chi connectivity index (χ0n) is 14.4. The van der Waals surface area contributed by atoms with Crippen molar-refractivity contribution in [2.45, 2.75) is 13.8 Å². The van der Waals surface area contributed by atoms with Crippen molar-refractivity contribution >= 4 is 33.3 Å². The van der Waals surface area contributed by atoms with Gasteiger partial charge >= 0.3 is 6.03 Å². The average Bonchev–Trinajstić information content (AvgIpc) is 2.58. The van der Waals surface area contributed by atoms with Gasteiger partial charge in [-0.25, -0.2) is 4.79 Å². The molecule has 0 radical (unpaired) electrons. The third-order valence-electron chi connectivity index (χ3n) is 4.49. The highest BCUT2D eigenvalue weighted by Crippen LogP contribution is 2.26. The van der Waals surface area contributed by atoms with E-state index in [-0.39, 0.29) is 11.8 Å². The Morgan fingerprint density at radius 1 is 1.08 bits per heavy atom. The molecule has 0 aliphatic carbocycles. The number of urea groups is 1. The highest BCUT2D eigenvalue weighted by Gasteiger charge is 2.22. The van der Waals surface area contributed by atoms with Gasteiger partial charge in [0.05, 0.1) is 0 Å². The zero-order valence-corrected chi connectivity index (χ0v) is 16.0. The minimum absolute atomic E-state index is 0.0657. The van der Waals surface area contributed by atoms with E-state index >= 15 is 0 Å². The molecule has 2 N–H and O–H groups in total. The molecule has 2 amide bonds. The van der Waals surface area contributed by atoms with Gasteiger partial charge in [-0.15, -0.1) is 0 Å². The van der Waals surface area contributed by atoms with Crippen molar-refractivity contribution in [2.75, 3.05) is 36.4 Å². The number of halogens is 1. The first-order chi connectivity index (χ1) is 11.9. The van der Waals surface area contributed by atoms with Crippen LogP contribution in [0.2, 0.25) is 0 Å². The molecular weight excluding hydrogens is 382 g/mol. The Bertz CT molecular complexity index is 763. The average molecular weight is 404 g/mol. The zero-order chi connectivity index (χ0) is 18.0. The molecule has 0 atom stereocenters. The number of carbonyl (C=O) groups excluding carboxylic acids is 1. The summed E-state index contributed by atoms with van der Waals surface area (Å²) in [4.78, 5) is 16.6. The number of carbonyl (C=O) groups is 1. The monoisotopic (exact) mass is 403 g/mol. The van der Waals surface area contributed by atoms with E-state index in [1.54, 1.807) is 12.1 Å². The molecule has 25 heavy (non-hydrogen) atoms. The van der Waals surface area contributed by atoms with E-state index in [4.69, 9.17) is 0 Å². The maximum absolute atomic E-state index is 12.6. The van der Waals surface area contributed by atoms with E-state index in [0.29, 0.717) is 13.1 Å². The molecule has 1 aliphatic heterocycles. The van der Waals surface area contributed by atoms with Gasteiger partial charge in [0.2, 0.25) is 0 Å². The number of hydrogen-bond acceptors (Lipinski definition) is 3. The fourth-order valence-electron chi connectivity index (χ4n) is 3.15. The molecule has 132 valence electrons. The SMILES string of the molecule is Cc1cc(Br)cc(C)c1NC(=O)N1CCN(c2cccc(O)c2)CC1. The molecule has 1 saturated heterocycles. The summed E-state index contributed by atoms with van der Waals surface area (Å²) in [5.74, 6) is 0.263. The molecule has 0 bridgehead atoms. The summed E-state index contributed by atoms with van der Waals surface area (Å²) < 4.78 is 1.01. The van der Waals surface area contributed by atoms with E-state index < -0.39 is 0 Å². The normalized spacial score (nSPS) is 14.5. The van der Waals surface area contributed by atoms with Crippen molar-refractivity contribution in [3.63, 3.8) is 0 Å². The van der Waals surface area contributed by atoms with Gasteiger partial charge in [-0.05, 0) is 49.2 Å². The van der Waals surface area contributed by atoms with Crippen LogP contribution in [-0.4, -0.2) is 42.2 Å². The fraction of sp³-hybridized carbons (Fsp3) is 0.316. The Kier molecular flexibility index (Phi) is 5.18. The highest BCUT2D eigenvalue weighted by atomic mass is 79.9. The maximum Gasteiger partial charge on any atom is 0.321 e. The number of phenolic OH excluding ortho intramolecular Hbond substituents is 1. The molecule has 0 aromatic heterocycles. The van der Waals surface area contributed by atoms with Crippen molar-refractivity contribution in [1.29, 1.82) is 0 Å². The molecule has 1 aliphatic rings. The van der Waals surface area contributed by atoms with Gasteiger partial charge in [0, 0.05) is 48.1 Å². The number of benzene rings is 2. The lowest BCUT2D eigenvalue weighted by molar-refractivity contribution is 0.208. The largest absolute Gasteiger partial charge is 0.508 e. The highest BCUT2D eigenvalue weighted by molar-refractivity contribution is 9.10.